The summed E-state index contributed by atoms with van der Waals surface area (Å²) in [5.74, 6) is 0.402. The van der Waals surface area contributed by atoms with Gasteiger partial charge in [0, 0.05) is 22.8 Å². The molecule has 3 heteroatoms. The number of rotatable bonds is 4. The van der Waals surface area contributed by atoms with E-state index in [-0.39, 0.29) is 6.03 Å². The van der Waals surface area contributed by atoms with E-state index in [1.807, 2.05) is 48.7 Å². The van der Waals surface area contributed by atoms with Crippen molar-refractivity contribution < 1.29 is 4.79 Å². The number of aryl methyl sites for hydroxylation is 1. The van der Waals surface area contributed by atoms with E-state index in [1.165, 1.54) is 16.7 Å². The minimum absolute atomic E-state index is 0.154. The van der Waals surface area contributed by atoms with Gasteiger partial charge >= 0.3 is 6.03 Å². The van der Waals surface area contributed by atoms with Gasteiger partial charge in [-0.3, -0.25) is 4.57 Å². The number of aromatic nitrogens is 1. The zero-order valence-corrected chi connectivity index (χ0v) is 17.1. The standard InChI is InChI=1S/C26H26N2O/c1-4-19-13-15-20(16-14-19)27-26(29)28-17-24(23-11-7-8-12-25(23)28)22-10-6-5-9-21(22)18(2)3/h5-18H,4H2,1-3H3,(H,27,29). The Morgan fingerprint density at radius 2 is 1.59 bits per heavy atom. The van der Waals surface area contributed by atoms with Crippen LogP contribution in [-0.2, 0) is 6.42 Å². The van der Waals surface area contributed by atoms with E-state index >= 15 is 0 Å². The number of anilines is 1. The first-order valence-electron chi connectivity index (χ1n) is 10.2. The molecule has 4 aromatic rings. The highest BCUT2D eigenvalue weighted by atomic mass is 16.2. The van der Waals surface area contributed by atoms with Crippen LogP contribution in [0.1, 0.15) is 37.8 Å². The first-order valence-corrected chi connectivity index (χ1v) is 10.2. The number of para-hydroxylation sites is 1. The minimum Gasteiger partial charge on any atom is -0.307 e. The maximum absolute atomic E-state index is 13.1. The molecule has 1 amide bonds. The number of hydrogen-bond acceptors (Lipinski definition) is 1. The van der Waals surface area contributed by atoms with Crippen molar-refractivity contribution in [3.63, 3.8) is 0 Å². The summed E-state index contributed by atoms with van der Waals surface area (Å²) in [7, 11) is 0. The number of amides is 1. The van der Waals surface area contributed by atoms with Crippen molar-refractivity contribution in [2.45, 2.75) is 33.1 Å². The Morgan fingerprint density at radius 3 is 2.31 bits per heavy atom. The average Bonchev–Trinajstić information content (AvgIpc) is 3.14. The second kappa shape index (κ2) is 7.96. The van der Waals surface area contributed by atoms with Crippen molar-refractivity contribution in [1.82, 2.24) is 4.57 Å². The summed E-state index contributed by atoms with van der Waals surface area (Å²) in [5, 5.41) is 4.11. The van der Waals surface area contributed by atoms with Gasteiger partial charge in [0.2, 0.25) is 0 Å². The van der Waals surface area contributed by atoms with Crippen LogP contribution in [0, 0.1) is 0 Å². The van der Waals surface area contributed by atoms with E-state index in [4.69, 9.17) is 0 Å². The fourth-order valence-electron chi connectivity index (χ4n) is 3.82. The van der Waals surface area contributed by atoms with Crippen molar-refractivity contribution in [2.75, 3.05) is 5.32 Å². The summed E-state index contributed by atoms with van der Waals surface area (Å²) in [5.41, 5.74) is 6.50. The topological polar surface area (TPSA) is 34.0 Å². The van der Waals surface area contributed by atoms with Crippen LogP contribution in [0.15, 0.2) is 79.0 Å². The fraction of sp³-hybridized carbons (Fsp3) is 0.192. The van der Waals surface area contributed by atoms with Crippen molar-refractivity contribution >= 4 is 22.6 Å². The van der Waals surface area contributed by atoms with Gasteiger partial charge < -0.3 is 5.32 Å². The summed E-state index contributed by atoms with van der Waals surface area (Å²) in [6.45, 7) is 6.52. The van der Waals surface area contributed by atoms with Crippen LogP contribution >= 0.6 is 0 Å². The van der Waals surface area contributed by atoms with Crippen LogP contribution < -0.4 is 5.32 Å². The zero-order valence-electron chi connectivity index (χ0n) is 17.1. The number of nitrogens with zero attached hydrogens (tertiary/aromatic N) is 1. The Bertz CT molecular complexity index is 1150. The molecule has 1 heterocycles. The van der Waals surface area contributed by atoms with Gasteiger partial charge in [-0.25, -0.2) is 4.79 Å². The third-order valence-electron chi connectivity index (χ3n) is 5.42. The molecule has 1 N–H and O–H groups in total. The Labute approximate surface area is 172 Å². The van der Waals surface area contributed by atoms with Crippen LogP contribution in [0.3, 0.4) is 0 Å². The molecule has 0 aliphatic heterocycles. The molecule has 3 nitrogen and oxygen atoms in total. The van der Waals surface area contributed by atoms with E-state index in [0.717, 1.165) is 28.6 Å². The molecule has 0 unspecified atom stereocenters. The Morgan fingerprint density at radius 1 is 0.897 bits per heavy atom. The number of benzene rings is 3. The van der Waals surface area contributed by atoms with E-state index < -0.39 is 0 Å². The molecule has 0 fully saturated rings. The van der Waals surface area contributed by atoms with Crippen LogP contribution in [0.2, 0.25) is 0 Å². The third-order valence-corrected chi connectivity index (χ3v) is 5.42. The van der Waals surface area contributed by atoms with Crippen molar-refractivity contribution in [3.8, 4) is 11.1 Å². The molecule has 0 atom stereocenters. The SMILES string of the molecule is CCc1ccc(NC(=O)n2cc(-c3ccccc3C(C)C)c3ccccc32)cc1. The normalized spacial score (nSPS) is 11.2. The lowest BCUT2D eigenvalue weighted by Gasteiger charge is -2.12. The Hall–Kier alpha value is -3.33. The van der Waals surface area contributed by atoms with Crippen LogP contribution in [0.25, 0.3) is 22.0 Å². The molecular formula is C26H26N2O. The van der Waals surface area contributed by atoms with Crippen molar-refractivity contribution in [2.24, 2.45) is 0 Å². The van der Waals surface area contributed by atoms with Gasteiger partial charge in [0.15, 0.2) is 0 Å². The average molecular weight is 383 g/mol. The van der Waals surface area contributed by atoms with Gasteiger partial charge in [0.1, 0.15) is 0 Å². The summed E-state index contributed by atoms with van der Waals surface area (Å²) in [4.78, 5) is 13.1. The van der Waals surface area contributed by atoms with Gasteiger partial charge in [-0.15, -0.1) is 0 Å². The van der Waals surface area contributed by atoms with E-state index in [0.29, 0.717) is 5.92 Å². The maximum Gasteiger partial charge on any atom is 0.330 e. The second-order valence-electron chi connectivity index (χ2n) is 7.65. The molecule has 0 bridgehead atoms. The van der Waals surface area contributed by atoms with Crippen LogP contribution in [0.4, 0.5) is 10.5 Å². The van der Waals surface area contributed by atoms with E-state index in [2.05, 4.69) is 56.4 Å². The lowest BCUT2D eigenvalue weighted by molar-refractivity contribution is 0.254. The fourth-order valence-corrected chi connectivity index (χ4v) is 3.82. The summed E-state index contributed by atoms with van der Waals surface area (Å²) < 4.78 is 1.72. The molecule has 0 aliphatic rings. The molecular weight excluding hydrogens is 356 g/mol. The smallest absolute Gasteiger partial charge is 0.307 e. The monoisotopic (exact) mass is 382 g/mol. The zero-order chi connectivity index (χ0) is 20.4. The first kappa shape index (κ1) is 19.0. The molecule has 4 rings (SSSR count). The van der Waals surface area contributed by atoms with Gasteiger partial charge in [-0.2, -0.15) is 0 Å². The largest absolute Gasteiger partial charge is 0.330 e. The second-order valence-corrected chi connectivity index (χ2v) is 7.65. The number of hydrogen-bond donors (Lipinski definition) is 1. The lowest BCUT2D eigenvalue weighted by Crippen LogP contribution is -2.18. The molecule has 0 radical (unpaired) electrons. The molecule has 1 aromatic heterocycles. The molecule has 3 aromatic carbocycles. The van der Waals surface area contributed by atoms with Gasteiger partial charge in [0.05, 0.1) is 5.52 Å². The van der Waals surface area contributed by atoms with Crippen LogP contribution in [-0.4, -0.2) is 10.6 Å². The van der Waals surface area contributed by atoms with E-state index in [1.54, 1.807) is 4.57 Å². The van der Waals surface area contributed by atoms with Crippen molar-refractivity contribution in [3.05, 3.63) is 90.1 Å². The highest BCUT2D eigenvalue weighted by molar-refractivity contribution is 6.05. The third kappa shape index (κ3) is 3.68. The number of nitrogens with one attached hydrogen (secondary N) is 1. The number of carbonyl (C=O) groups excluding carboxylic acids is 1. The molecule has 0 saturated heterocycles. The quantitative estimate of drug-likeness (QED) is 0.402. The highest BCUT2D eigenvalue weighted by Crippen LogP contribution is 2.35. The minimum atomic E-state index is -0.154. The molecule has 0 aliphatic carbocycles. The summed E-state index contributed by atoms with van der Waals surface area (Å²) >= 11 is 0. The van der Waals surface area contributed by atoms with Gasteiger partial charge in [0.25, 0.3) is 0 Å². The number of carbonyl (C=O) groups is 1. The highest BCUT2D eigenvalue weighted by Gasteiger charge is 2.17. The summed E-state index contributed by atoms with van der Waals surface area (Å²) in [6, 6.07) is 24.4. The molecule has 29 heavy (non-hydrogen) atoms. The van der Waals surface area contributed by atoms with E-state index in [9.17, 15) is 4.79 Å². The predicted octanol–water partition coefficient (Wildman–Crippen LogP) is 7.07. The Kier molecular flexibility index (Phi) is 5.22. The number of fused-ring (bicyclic) bond motifs is 1. The van der Waals surface area contributed by atoms with Crippen molar-refractivity contribution in [1.29, 1.82) is 0 Å². The predicted molar refractivity (Wildman–Crippen MR) is 122 cm³/mol. The molecule has 0 spiro atoms. The lowest BCUT2D eigenvalue weighted by atomic mass is 9.92. The maximum atomic E-state index is 13.1. The van der Waals surface area contributed by atoms with Gasteiger partial charge in [-0.05, 0) is 47.2 Å². The van der Waals surface area contributed by atoms with Gasteiger partial charge in [-0.1, -0.05) is 75.4 Å². The molecule has 146 valence electrons. The van der Waals surface area contributed by atoms with Crippen LogP contribution in [0.5, 0.6) is 0 Å². The summed E-state index contributed by atoms with van der Waals surface area (Å²) in [6.07, 6.45) is 2.94. The molecule has 0 saturated carbocycles. The Balaban J connectivity index is 1.77. The first-order chi connectivity index (χ1) is 14.1.